The van der Waals surface area contributed by atoms with E-state index in [1.165, 1.54) is 0 Å². The lowest BCUT2D eigenvalue weighted by atomic mass is 10.1. The van der Waals surface area contributed by atoms with Crippen LogP contribution in [0.2, 0.25) is 0 Å². The third kappa shape index (κ3) is 3.49. The maximum absolute atomic E-state index is 6.05. The van der Waals surface area contributed by atoms with Crippen LogP contribution < -0.4 is 4.90 Å². The zero-order valence-electron chi connectivity index (χ0n) is 12.3. The molecule has 0 unspecified atom stereocenters. The normalized spacial score (nSPS) is 24.2. The second-order valence-electron chi connectivity index (χ2n) is 5.89. The number of pyridine rings is 1. The summed E-state index contributed by atoms with van der Waals surface area (Å²) >= 11 is 0. The van der Waals surface area contributed by atoms with Gasteiger partial charge in [-0.1, -0.05) is 6.07 Å². The number of aryl methyl sites for hydroxylation is 1. The van der Waals surface area contributed by atoms with Crippen molar-refractivity contribution < 1.29 is 9.47 Å². The fourth-order valence-electron chi connectivity index (χ4n) is 2.94. The van der Waals surface area contributed by atoms with Gasteiger partial charge in [-0.25, -0.2) is 4.98 Å². The Morgan fingerprint density at radius 1 is 1.30 bits per heavy atom. The van der Waals surface area contributed by atoms with Gasteiger partial charge in [-0.2, -0.15) is 0 Å². The lowest BCUT2D eigenvalue weighted by Gasteiger charge is -2.33. The Hall–Kier alpha value is -1.13. The van der Waals surface area contributed by atoms with E-state index in [1.54, 1.807) is 0 Å². The molecule has 1 atom stereocenters. The SMILES string of the molecule is Cc1cccc(N2CCC(OC[C@H]3CCOC3)CC2)n1. The van der Waals surface area contributed by atoms with Crippen molar-refractivity contribution in [2.75, 3.05) is 37.8 Å². The maximum atomic E-state index is 6.05. The summed E-state index contributed by atoms with van der Waals surface area (Å²) in [6.45, 7) is 6.79. The predicted molar refractivity (Wildman–Crippen MR) is 79.1 cm³/mol. The second-order valence-corrected chi connectivity index (χ2v) is 5.89. The molecule has 2 aliphatic heterocycles. The highest BCUT2D eigenvalue weighted by Gasteiger charge is 2.23. The van der Waals surface area contributed by atoms with Crippen molar-refractivity contribution in [2.45, 2.75) is 32.3 Å². The van der Waals surface area contributed by atoms with Gasteiger partial charge in [0, 0.05) is 31.3 Å². The number of anilines is 1. The monoisotopic (exact) mass is 276 g/mol. The molecule has 3 rings (SSSR count). The Kier molecular flexibility index (Phi) is 4.53. The van der Waals surface area contributed by atoms with Crippen LogP contribution in [0, 0.1) is 12.8 Å². The van der Waals surface area contributed by atoms with E-state index in [2.05, 4.69) is 22.0 Å². The van der Waals surface area contributed by atoms with Crippen molar-refractivity contribution in [3.8, 4) is 0 Å². The van der Waals surface area contributed by atoms with E-state index < -0.39 is 0 Å². The van der Waals surface area contributed by atoms with Crippen LogP contribution >= 0.6 is 0 Å². The second kappa shape index (κ2) is 6.55. The Bertz CT molecular complexity index is 424. The minimum atomic E-state index is 0.414. The van der Waals surface area contributed by atoms with Gasteiger partial charge >= 0.3 is 0 Å². The van der Waals surface area contributed by atoms with Gasteiger partial charge in [0.2, 0.25) is 0 Å². The number of piperidine rings is 1. The van der Waals surface area contributed by atoms with Crippen LogP contribution in [0.4, 0.5) is 5.82 Å². The third-order valence-electron chi connectivity index (χ3n) is 4.23. The van der Waals surface area contributed by atoms with Gasteiger partial charge in [-0.3, -0.25) is 0 Å². The summed E-state index contributed by atoms with van der Waals surface area (Å²) in [4.78, 5) is 6.97. The standard InChI is InChI=1S/C16H24N2O2/c1-13-3-2-4-16(17-13)18-8-5-15(6-9-18)20-12-14-7-10-19-11-14/h2-4,14-15H,5-12H2,1H3/t14-/m0/s1. The number of aromatic nitrogens is 1. The molecule has 0 aliphatic carbocycles. The first-order valence-corrected chi connectivity index (χ1v) is 7.69. The molecule has 0 spiro atoms. The molecule has 0 amide bonds. The predicted octanol–water partition coefficient (Wildman–Crippen LogP) is 2.41. The lowest BCUT2D eigenvalue weighted by molar-refractivity contribution is 0.0131. The average Bonchev–Trinajstić information content (AvgIpc) is 2.99. The molecule has 0 saturated carbocycles. The number of nitrogens with zero attached hydrogens (tertiary/aromatic N) is 2. The van der Waals surface area contributed by atoms with E-state index >= 15 is 0 Å². The van der Waals surface area contributed by atoms with Gasteiger partial charge in [0.05, 0.1) is 19.3 Å². The topological polar surface area (TPSA) is 34.6 Å². The molecule has 3 heterocycles. The minimum Gasteiger partial charge on any atom is -0.381 e. The van der Waals surface area contributed by atoms with Gasteiger partial charge in [-0.05, 0) is 38.3 Å². The average molecular weight is 276 g/mol. The molecule has 1 aromatic heterocycles. The maximum Gasteiger partial charge on any atom is 0.128 e. The Labute approximate surface area is 121 Å². The fourth-order valence-corrected chi connectivity index (χ4v) is 2.94. The summed E-state index contributed by atoms with van der Waals surface area (Å²) in [6.07, 6.45) is 3.77. The zero-order valence-corrected chi connectivity index (χ0v) is 12.3. The Morgan fingerprint density at radius 2 is 2.15 bits per heavy atom. The first-order chi connectivity index (χ1) is 9.81. The molecular formula is C16H24N2O2. The van der Waals surface area contributed by atoms with Crippen LogP contribution in [0.3, 0.4) is 0 Å². The molecule has 0 N–H and O–H groups in total. The van der Waals surface area contributed by atoms with Crippen molar-refractivity contribution in [3.05, 3.63) is 23.9 Å². The molecule has 0 bridgehead atoms. The highest BCUT2D eigenvalue weighted by atomic mass is 16.5. The number of rotatable bonds is 4. The molecule has 110 valence electrons. The van der Waals surface area contributed by atoms with Crippen molar-refractivity contribution in [3.63, 3.8) is 0 Å². The Morgan fingerprint density at radius 3 is 2.85 bits per heavy atom. The van der Waals surface area contributed by atoms with Crippen LogP contribution in [0.25, 0.3) is 0 Å². The minimum absolute atomic E-state index is 0.414. The molecule has 0 radical (unpaired) electrons. The Balaban J connectivity index is 1.44. The van der Waals surface area contributed by atoms with Gasteiger partial charge in [-0.15, -0.1) is 0 Å². The third-order valence-corrected chi connectivity index (χ3v) is 4.23. The van der Waals surface area contributed by atoms with Crippen LogP contribution in [0.1, 0.15) is 25.0 Å². The summed E-state index contributed by atoms with van der Waals surface area (Å²) in [6, 6.07) is 6.23. The summed E-state index contributed by atoms with van der Waals surface area (Å²) < 4.78 is 11.4. The molecular weight excluding hydrogens is 252 g/mol. The van der Waals surface area contributed by atoms with Crippen LogP contribution in [-0.4, -0.2) is 44.0 Å². The molecule has 2 fully saturated rings. The van der Waals surface area contributed by atoms with Crippen LogP contribution in [0.5, 0.6) is 0 Å². The number of hydrogen-bond acceptors (Lipinski definition) is 4. The van der Waals surface area contributed by atoms with Gasteiger partial charge in [0.25, 0.3) is 0 Å². The molecule has 20 heavy (non-hydrogen) atoms. The summed E-state index contributed by atoms with van der Waals surface area (Å²) in [7, 11) is 0. The molecule has 1 aromatic rings. The van der Waals surface area contributed by atoms with Crippen molar-refractivity contribution in [1.29, 1.82) is 0 Å². The van der Waals surface area contributed by atoms with Crippen LogP contribution in [-0.2, 0) is 9.47 Å². The zero-order chi connectivity index (χ0) is 13.8. The highest BCUT2D eigenvalue weighted by molar-refractivity contribution is 5.39. The van der Waals surface area contributed by atoms with E-state index in [1.807, 2.05) is 13.0 Å². The summed E-state index contributed by atoms with van der Waals surface area (Å²) in [5, 5.41) is 0. The molecule has 0 aromatic carbocycles. The molecule has 2 aliphatic rings. The van der Waals surface area contributed by atoms with E-state index in [4.69, 9.17) is 9.47 Å². The molecule has 4 heteroatoms. The van der Waals surface area contributed by atoms with Crippen molar-refractivity contribution >= 4 is 5.82 Å². The lowest BCUT2D eigenvalue weighted by Crippen LogP contribution is -2.38. The van der Waals surface area contributed by atoms with Crippen LogP contribution in [0.15, 0.2) is 18.2 Å². The summed E-state index contributed by atoms with van der Waals surface area (Å²) in [5.41, 5.74) is 1.09. The van der Waals surface area contributed by atoms with Crippen molar-refractivity contribution in [1.82, 2.24) is 4.98 Å². The van der Waals surface area contributed by atoms with Crippen molar-refractivity contribution in [2.24, 2.45) is 5.92 Å². The molecule has 2 saturated heterocycles. The first-order valence-electron chi connectivity index (χ1n) is 7.69. The molecule has 4 nitrogen and oxygen atoms in total. The van der Waals surface area contributed by atoms with E-state index in [0.717, 1.165) is 63.7 Å². The van der Waals surface area contributed by atoms with E-state index in [0.29, 0.717) is 12.0 Å². The smallest absolute Gasteiger partial charge is 0.128 e. The fraction of sp³-hybridized carbons (Fsp3) is 0.688. The van der Waals surface area contributed by atoms with E-state index in [9.17, 15) is 0 Å². The van der Waals surface area contributed by atoms with Gasteiger partial charge in [0.15, 0.2) is 0 Å². The number of hydrogen-bond donors (Lipinski definition) is 0. The summed E-state index contributed by atoms with van der Waals surface area (Å²) in [5.74, 6) is 1.72. The van der Waals surface area contributed by atoms with Gasteiger partial charge < -0.3 is 14.4 Å². The van der Waals surface area contributed by atoms with E-state index in [-0.39, 0.29) is 0 Å². The highest BCUT2D eigenvalue weighted by Crippen LogP contribution is 2.21. The largest absolute Gasteiger partial charge is 0.381 e. The first kappa shape index (κ1) is 13.8. The number of ether oxygens (including phenoxy) is 2. The van der Waals surface area contributed by atoms with Gasteiger partial charge in [0.1, 0.15) is 5.82 Å². The quantitative estimate of drug-likeness (QED) is 0.846.